The second kappa shape index (κ2) is 6.81. The molecule has 100 valence electrons. The Labute approximate surface area is 115 Å². The molecule has 0 aliphatic carbocycles. The van der Waals surface area contributed by atoms with E-state index in [1.54, 1.807) is 5.54 Å². The van der Waals surface area contributed by atoms with Crippen molar-refractivity contribution in [3.63, 3.8) is 0 Å². The minimum Gasteiger partial charge on any atom is -0.489 e. The van der Waals surface area contributed by atoms with Gasteiger partial charge in [0.15, 0.2) is 0 Å². The van der Waals surface area contributed by atoms with Gasteiger partial charge in [-0.1, -0.05) is 23.7 Å². The second-order valence-electron chi connectivity index (χ2n) is 4.98. The zero-order valence-corrected chi connectivity index (χ0v) is 12.3. The van der Waals surface area contributed by atoms with Crippen molar-refractivity contribution < 1.29 is 4.74 Å². The Bertz CT molecular complexity index is 415. The molecule has 0 spiro atoms. The summed E-state index contributed by atoms with van der Waals surface area (Å²) in [5.74, 6) is 0.946. The monoisotopic (exact) mass is 267 g/mol. The molecule has 0 aliphatic rings. The zero-order chi connectivity index (χ0) is 13.7. The van der Waals surface area contributed by atoms with Crippen molar-refractivity contribution in [1.29, 1.82) is 0 Å². The first kappa shape index (κ1) is 15.1. The Hall–Kier alpha value is -0.990. The highest BCUT2D eigenvalue weighted by Gasteiger charge is 2.08. The van der Waals surface area contributed by atoms with Crippen LogP contribution in [0.3, 0.4) is 0 Å². The molecule has 18 heavy (non-hydrogen) atoms. The van der Waals surface area contributed by atoms with Crippen LogP contribution in [-0.4, -0.2) is 12.6 Å². The van der Waals surface area contributed by atoms with E-state index in [0.717, 1.165) is 28.9 Å². The molecule has 2 nitrogen and oxygen atoms in total. The molecule has 1 aromatic carbocycles. The van der Waals surface area contributed by atoms with Gasteiger partial charge in [0.25, 0.3) is 0 Å². The quantitative estimate of drug-likeness (QED) is 0.883. The van der Waals surface area contributed by atoms with Gasteiger partial charge in [-0.2, -0.15) is 0 Å². The van der Waals surface area contributed by atoms with Crippen molar-refractivity contribution in [2.45, 2.75) is 40.2 Å². The van der Waals surface area contributed by atoms with Crippen LogP contribution in [0.5, 0.6) is 5.75 Å². The maximum absolute atomic E-state index is 5.83. The number of ether oxygens (including phenoxy) is 1. The van der Waals surface area contributed by atoms with E-state index in [9.17, 15) is 0 Å². The van der Waals surface area contributed by atoms with Crippen LogP contribution in [0.25, 0.3) is 0 Å². The van der Waals surface area contributed by atoms with Crippen LogP contribution in [0.2, 0.25) is 0 Å². The van der Waals surface area contributed by atoms with Crippen LogP contribution >= 0.6 is 11.6 Å². The van der Waals surface area contributed by atoms with E-state index < -0.39 is 0 Å². The fourth-order valence-electron chi connectivity index (χ4n) is 1.97. The van der Waals surface area contributed by atoms with Crippen LogP contribution in [-0.2, 0) is 6.42 Å². The highest BCUT2D eigenvalue weighted by molar-refractivity contribution is 6.25. The Morgan fingerprint density at radius 3 is 2.39 bits per heavy atom. The zero-order valence-electron chi connectivity index (χ0n) is 11.6. The summed E-state index contributed by atoms with van der Waals surface area (Å²) < 4.78 is 5.80. The standard InChI is InChI=1S/C15H22ClNO/c1-10(8-16)9-18-15-11(2)5-14(6-12(15)3)7-13(4)17/h5-6,8,13H,7,9,17H2,1-4H3/b10-8+. The molecule has 0 radical (unpaired) electrons. The third kappa shape index (κ3) is 4.35. The van der Waals surface area contributed by atoms with Gasteiger partial charge in [0.05, 0.1) is 0 Å². The number of rotatable bonds is 5. The van der Waals surface area contributed by atoms with Crippen molar-refractivity contribution in [3.8, 4) is 5.75 Å². The maximum atomic E-state index is 5.83. The van der Waals surface area contributed by atoms with Gasteiger partial charge in [0.2, 0.25) is 0 Å². The van der Waals surface area contributed by atoms with Crippen molar-refractivity contribution >= 4 is 11.6 Å². The van der Waals surface area contributed by atoms with Gasteiger partial charge >= 0.3 is 0 Å². The molecule has 0 aromatic heterocycles. The summed E-state index contributed by atoms with van der Waals surface area (Å²) in [7, 11) is 0. The van der Waals surface area contributed by atoms with E-state index in [1.165, 1.54) is 5.56 Å². The first-order valence-electron chi connectivity index (χ1n) is 6.18. The highest BCUT2D eigenvalue weighted by atomic mass is 35.5. The van der Waals surface area contributed by atoms with Crippen molar-refractivity contribution in [2.24, 2.45) is 5.73 Å². The number of hydrogen-bond donors (Lipinski definition) is 1. The lowest BCUT2D eigenvalue weighted by Crippen LogP contribution is -2.18. The Morgan fingerprint density at radius 1 is 1.39 bits per heavy atom. The van der Waals surface area contributed by atoms with E-state index in [0.29, 0.717) is 6.61 Å². The van der Waals surface area contributed by atoms with Gasteiger partial charge in [-0.05, 0) is 56.4 Å². The van der Waals surface area contributed by atoms with E-state index >= 15 is 0 Å². The van der Waals surface area contributed by atoms with Gasteiger partial charge in [-0.15, -0.1) is 0 Å². The first-order chi connectivity index (χ1) is 8.43. The summed E-state index contributed by atoms with van der Waals surface area (Å²) in [4.78, 5) is 0. The first-order valence-corrected chi connectivity index (χ1v) is 6.62. The number of aryl methyl sites for hydroxylation is 2. The molecule has 3 heteroatoms. The largest absolute Gasteiger partial charge is 0.489 e. The lowest BCUT2D eigenvalue weighted by Gasteiger charge is -2.15. The molecule has 0 amide bonds. The average Bonchev–Trinajstić information content (AvgIpc) is 2.26. The van der Waals surface area contributed by atoms with Crippen molar-refractivity contribution in [3.05, 3.63) is 39.9 Å². The molecule has 1 atom stereocenters. The number of benzene rings is 1. The SMILES string of the molecule is C/C(=C\Cl)COc1c(C)cc(CC(C)N)cc1C. The topological polar surface area (TPSA) is 35.2 Å². The van der Waals surface area contributed by atoms with Gasteiger partial charge in [0, 0.05) is 11.6 Å². The summed E-state index contributed by atoms with van der Waals surface area (Å²) in [6.07, 6.45) is 0.891. The third-order valence-corrected chi connectivity index (χ3v) is 3.08. The summed E-state index contributed by atoms with van der Waals surface area (Å²) in [6.45, 7) is 8.61. The molecular weight excluding hydrogens is 246 g/mol. The van der Waals surface area contributed by atoms with Gasteiger partial charge in [0.1, 0.15) is 12.4 Å². The maximum Gasteiger partial charge on any atom is 0.125 e. The summed E-state index contributed by atoms with van der Waals surface area (Å²) >= 11 is 5.62. The van der Waals surface area contributed by atoms with Gasteiger partial charge < -0.3 is 10.5 Å². The Morgan fingerprint density at radius 2 is 1.94 bits per heavy atom. The van der Waals surface area contributed by atoms with Crippen LogP contribution < -0.4 is 10.5 Å². The van der Waals surface area contributed by atoms with E-state index in [2.05, 4.69) is 26.0 Å². The molecule has 0 bridgehead atoms. The number of halogens is 1. The van der Waals surface area contributed by atoms with Crippen LogP contribution in [0.4, 0.5) is 0 Å². The number of nitrogens with two attached hydrogens (primary N) is 1. The molecule has 1 aromatic rings. The van der Waals surface area contributed by atoms with Crippen molar-refractivity contribution in [1.82, 2.24) is 0 Å². The second-order valence-corrected chi connectivity index (χ2v) is 5.20. The van der Waals surface area contributed by atoms with E-state index in [-0.39, 0.29) is 6.04 Å². The fraction of sp³-hybridized carbons (Fsp3) is 0.467. The summed E-state index contributed by atoms with van der Waals surface area (Å²) in [5, 5.41) is 0. The molecule has 1 rings (SSSR count). The Kier molecular flexibility index (Phi) is 5.70. The predicted molar refractivity (Wildman–Crippen MR) is 78.4 cm³/mol. The minimum absolute atomic E-state index is 0.178. The average molecular weight is 268 g/mol. The molecule has 2 N–H and O–H groups in total. The smallest absolute Gasteiger partial charge is 0.125 e. The minimum atomic E-state index is 0.178. The fourth-order valence-corrected chi connectivity index (χ4v) is 2.04. The molecule has 0 fully saturated rings. The van der Waals surface area contributed by atoms with Crippen LogP contribution in [0.1, 0.15) is 30.5 Å². The normalized spacial score (nSPS) is 13.6. The predicted octanol–water partition coefficient (Wildman–Crippen LogP) is 3.71. The summed E-state index contributed by atoms with van der Waals surface area (Å²) in [6, 6.07) is 4.47. The molecule has 0 saturated heterocycles. The van der Waals surface area contributed by atoms with Crippen LogP contribution in [0.15, 0.2) is 23.2 Å². The van der Waals surface area contributed by atoms with Gasteiger partial charge in [-0.25, -0.2) is 0 Å². The van der Waals surface area contributed by atoms with E-state index in [1.807, 2.05) is 13.8 Å². The molecule has 0 heterocycles. The highest BCUT2D eigenvalue weighted by Crippen LogP contribution is 2.25. The molecular formula is C15H22ClNO. The molecule has 1 unspecified atom stereocenters. The molecule has 0 aliphatic heterocycles. The summed E-state index contributed by atoms with van der Waals surface area (Å²) in [5.41, 5.74) is 11.9. The number of hydrogen-bond acceptors (Lipinski definition) is 2. The lowest BCUT2D eigenvalue weighted by atomic mass is 10.0. The van der Waals surface area contributed by atoms with Crippen LogP contribution in [0, 0.1) is 13.8 Å². The third-order valence-electron chi connectivity index (χ3n) is 2.71. The van der Waals surface area contributed by atoms with Crippen molar-refractivity contribution in [2.75, 3.05) is 6.61 Å². The lowest BCUT2D eigenvalue weighted by molar-refractivity contribution is 0.347. The molecule has 0 saturated carbocycles. The van der Waals surface area contributed by atoms with E-state index in [4.69, 9.17) is 22.1 Å². The Balaban J connectivity index is 2.87. The van der Waals surface area contributed by atoms with Gasteiger partial charge in [-0.3, -0.25) is 0 Å².